The fourth-order valence-electron chi connectivity index (χ4n) is 2.30. The summed E-state index contributed by atoms with van der Waals surface area (Å²) < 4.78 is 5.18. The molecule has 1 heterocycles. The molecule has 1 aliphatic rings. The molecule has 0 saturated carbocycles. The molecule has 1 fully saturated rings. The Labute approximate surface area is 124 Å². The first-order chi connectivity index (χ1) is 9.67. The Bertz CT molecular complexity index is 450. The van der Waals surface area contributed by atoms with E-state index >= 15 is 0 Å². The molecule has 2 rings (SSSR count). The van der Waals surface area contributed by atoms with Crippen molar-refractivity contribution in [1.82, 2.24) is 10.2 Å². The number of rotatable bonds is 6. The average Bonchev–Trinajstić information content (AvgIpc) is 2.76. The maximum atomic E-state index is 12.3. The largest absolute Gasteiger partial charge is 0.497 e. The van der Waals surface area contributed by atoms with Crippen molar-refractivity contribution in [3.05, 3.63) is 29.8 Å². The summed E-state index contributed by atoms with van der Waals surface area (Å²) in [6.45, 7) is 6.57. The van der Waals surface area contributed by atoms with E-state index in [9.17, 15) is 4.79 Å². The molecule has 20 heavy (non-hydrogen) atoms. The highest BCUT2D eigenvalue weighted by Crippen LogP contribution is 2.42. The Morgan fingerprint density at radius 1 is 1.35 bits per heavy atom. The minimum atomic E-state index is 0.0312. The first-order valence-corrected chi connectivity index (χ1v) is 7.92. The van der Waals surface area contributed by atoms with Gasteiger partial charge in [-0.1, -0.05) is 19.1 Å². The molecule has 2 unspecified atom stereocenters. The number of carbonyl (C=O) groups is 1. The highest BCUT2D eigenvalue weighted by Gasteiger charge is 2.37. The summed E-state index contributed by atoms with van der Waals surface area (Å²) in [7, 11) is 1.66. The predicted octanol–water partition coefficient (Wildman–Crippen LogP) is 2.27. The fourth-order valence-corrected chi connectivity index (χ4v) is 3.61. The van der Waals surface area contributed by atoms with Gasteiger partial charge in [-0.15, -0.1) is 11.8 Å². The van der Waals surface area contributed by atoms with Gasteiger partial charge in [0.1, 0.15) is 11.1 Å². The first-order valence-electron chi connectivity index (χ1n) is 6.98. The maximum Gasteiger partial charge on any atom is 0.236 e. The standard InChI is InChI=1S/C15H22N2O2S/c1-4-16-9-10-17-14(18)11(2)20-15(17)12-5-7-13(19-3)8-6-12/h5-8,11,15-16H,4,9-10H2,1-3H3. The van der Waals surface area contributed by atoms with Crippen molar-refractivity contribution < 1.29 is 9.53 Å². The third-order valence-electron chi connectivity index (χ3n) is 3.43. The quantitative estimate of drug-likeness (QED) is 0.817. The van der Waals surface area contributed by atoms with Crippen LogP contribution in [0.4, 0.5) is 0 Å². The highest BCUT2D eigenvalue weighted by atomic mass is 32.2. The number of hydrogen-bond acceptors (Lipinski definition) is 4. The van der Waals surface area contributed by atoms with Crippen LogP contribution in [0.2, 0.25) is 0 Å². The Balaban J connectivity index is 2.12. The number of hydrogen-bond donors (Lipinski definition) is 1. The molecule has 1 amide bonds. The summed E-state index contributed by atoms with van der Waals surface area (Å²) >= 11 is 1.71. The van der Waals surface area contributed by atoms with Crippen LogP contribution in [0.3, 0.4) is 0 Å². The number of nitrogens with zero attached hydrogens (tertiary/aromatic N) is 1. The topological polar surface area (TPSA) is 41.6 Å². The van der Waals surface area contributed by atoms with Gasteiger partial charge < -0.3 is 15.0 Å². The van der Waals surface area contributed by atoms with Crippen molar-refractivity contribution in [2.75, 3.05) is 26.7 Å². The first kappa shape index (κ1) is 15.2. The number of nitrogens with one attached hydrogen (secondary N) is 1. The van der Waals surface area contributed by atoms with Gasteiger partial charge in [0.25, 0.3) is 0 Å². The Morgan fingerprint density at radius 3 is 2.65 bits per heavy atom. The van der Waals surface area contributed by atoms with Crippen LogP contribution in [-0.2, 0) is 4.79 Å². The number of methoxy groups -OCH3 is 1. The molecular formula is C15H22N2O2S. The normalized spacial score (nSPS) is 22.4. The molecule has 2 atom stereocenters. The predicted molar refractivity (Wildman–Crippen MR) is 83.0 cm³/mol. The summed E-state index contributed by atoms with van der Waals surface area (Å²) in [5.74, 6) is 1.07. The van der Waals surface area contributed by atoms with Crippen molar-refractivity contribution in [3.8, 4) is 5.75 Å². The van der Waals surface area contributed by atoms with Crippen LogP contribution in [0.15, 0.2) is 24.3 Å². The number of carbonyl (C=O) groups excluding carboxylic acids is 1. The van der Waals surface area contributed by atoms with Gasteiger partial charge in [0, 0.05) is 13.1 Å². The summed E-state index contributed by atoms with van der Waals surface area (Å²) in [6.07, 6.45) is 0. The van der Waals surface area contributed by atoms with E-state index in [2.05, 4.69) is 12.2 Å². The molecule has 0 radical (unpaired) electrons. The number of benzene rings is 1. The van der Waals surface area contributed by atoms with E-state index in [4.69, 9.17) is 4.74 Å². The molecule has 1 aromatic rings. The van der Waals surface area contributed by atoms with Crippen LogP contribution in [-0.4, -0.2) is 42.8 Å². The Morgan fingerprint density at radius 2 is 2.05 bits per heavy atom. The molecule has 1 aromatic carbocycles. The van der Waals surface area contributed by atoms with Crippen molar-refractivity contribution in [2.45, 2.75) is 24.5 Å². The Hall–Kier alpha value is -1.20. The van der Waals surface area contributed by atoms with Gasteiger partial charge >= 0.3 is 0 Å². The third-order valence-corrected chi connectivity index (χ3v) is 4.82. The summed E-state index contributed by atoms with van der Waals surface area (Å²) in [4.78, 5) is 14.2. The van der Waals surface area contributed by atoms with Crippen LogP contribution in [0.25, 0.3) is 0 Å². The van der Waals surface area contributed by atoms with Crippen LogP contribution in [0.1, 0.15) is 24.8 Å². The molecule has 0 bridgehead atoms. The van der Waals surface area contributed by atoms with Gasteiger partial charge in [0.05, 0.1) is 12.4 Å². The van der Waals surface area contributed by atoms with Gasteiger partial charge in [0.15, 0.2) is 0 Å². The second-order valence-electron chi connectivity index (χ2n) is 4.79. The molecule has 0 aromatic heterocycles. The van der Waals surface area contributed by atoms with Gasteiger partial charge in [-0.05, 0) is 31.2 Å². The molecule has 110 valence electrons. The number of likely N-dealkylation sites (N-methyl/N-ethyl adjacent to an activating group) is 1. The van der Waals surface area contributed by atoms with Crippen LogP contribution in [0, 0.1) is 0 Å². The summed E-state index contributed by atoms with van der Waals surface area (Å²) in [5, 5.41) is 3.42. The fraction of sp³-hybridized carbons (Fsp3) is 0.533. The Kier molecular flexibility index (Phi) is 5.31. The number of amides is 1. The number of ether oxygens (including phenoxy) is 1. The van der Waals surface area contributed by atoms with Crippen LogP contribution >= 0.6 is 11.8 Å². The van der Waals surface area contributed by atoms with E-state index in [1.165, 1.54) is 0 Å². The van der Waals surface area contributed by atoms with E-state index in [1.807, 2.05) is 36.1 Å². The lowest BCUT2D eigenvalue weighted by molar-refractivity contribution is -0.129. The second-order valence-corrected chi connectivity index (χ2v) is 6.21. The highest BCUT2D eigenvalue weighted by molar-refractivity contribution is 8.01. The van der Waals surface area contributed by atoms with E-state index in [0.29, 0.717) is 0 Å². The van der Waals surface area contributed by atoms with Gasteiger partial charge in [-0.25, -0.2) is 0 Å². The maximum absolute atomic E-state index is 12.3. The summed E-state index contributed by atoms with van der Waals surface area (Å²) in [5.41, 5.74) is 1.16. The summed E-state index contributed by atoms with van der Waals surface area (Å²) in [6, 6.07) is 7.99. The van der Waals surface area contributed by atoms with E-state index in [1.54, 1.807) is 18.9 Å². The van der Waals surface area contributed by atoms with Crippen molar-refractivity contribution >= 4 is 17.7 Å². The van der Waals surface area contributed by atoms with E-state index in [0.717, 1.165) is 30.9 Å². The molecule has 4 nitrogen and oxygen atoms in total. The van der Waals surface area contributed by atoms with Gasteiger partial charge in [-0.3, -0.25) is 4.79 Å². The zero-order valence-corrected chi connectivity index (χ0v) is 13.1. The van der Waals surface area contributed by atoms with Crippen molar-refractivity contribution in [3.63, 3.8) is 0 Å². The second kappa shape index (κ2) is 6.99. The van der Waals surface area contributed by atoms with Crippen LogP contribution < -0.4 is 10.1 Å². The zero-order chi connectivity index (χ0) is 14.5. The molecule has 1 aliphatic heterocycles. The lowest BCUT2D eigenvalue weighted by atomic mass is 10.2. The molecule has 1 saturated heterocycles. The minimum absolute atomic E-state index is 0.0312. The smallest absolute Gasteiger partial charge is 0.236 e. The number of thioether (sulfide) groups is 1. The van der Waals surface area contributed by atoms with E-state index in [-0.39, 0.29) is 16.5 Å². The third kappa shape index (κ3) is 3.27. The van der Waals surface area contributed by atoms with Gasteiger partial charge in [-0.2, -0.15) is 0 Å². The molecule has 1 N–H and O–H groups in total. The zero-order valence-electron chi connectivity index (χ0n) is 12.3. The SMILES string of the molecule is CCNCCN1C(=O)C(C)SC1c1ccc(OC)cc1. The minimum Gasteiger partial charge on any atom is -0.497 e. The lowest BCUT2D eigenvalue weighted by Crippen LogP contribution is -2.36. The lowest BCUT2D eigenvalue weighted by Gasteiger charge is -2.24. The van der Waals surface area contributed by atoms with Gasteiger partial charge in [0.2, 0.25) is 5.91 Å². The molecular weight excluding hydrogens is 272 g/mol. The molecule has 5 heteroatoms. The molecule has 0 spiro atoms. The van der Waals surface area contributed by atoms with Crippen LogP contribution in [0.5, 0.6) is 5.75 Å². The average molecular weight is 294 g/mol. The van der Waals surface area contributed by atoms with E-state index < -0.39 is 0 Å². The van der Waals surface area contributed by atoms with Crippen molar-refractivity contribution in [1.29, 1.82) is 0 Å². The monoisotopic (exact) mass is 294 g/mol. The van der Waals surface area contributed by atoms with Crippen molar-refractivity contribution in [2.24, 2.45) is 0 Å². The molecule has 0 aliphatic carbocycles.